The summed E-state index contributed by atoms with van der Waals surface area (Å²) in [6.45, 7) is 6.22. The molecule has 0 radical (unpaired) electrons. The van der Waals surface area contributed by atoms with Crippen LogP contribution in [0.4, 0.5) is 0 Å². The second kappa shape index (κ2) is 49.2. The first-order valence-electron chi connectivity index (χ1n) is 24.2. The van der Waals surface area contributed by atoms with Crippen LogP contribution in [0.5, 0.6) is 0 Å². The predicted molar refractivity (Wildman–Crippen MR) is 265 cm³/mol. The van der Waals surface area contributed by atoms with Gasteiger partial charge in [-0.15, -0.1) is 0 Å². The minimum Gasteiger partial charge on any atom is -0.462 e. The summed E-state index contributed by atoms with van der Waals surface area (Å²) < 4.78 is 16.6. The van der Waals surface area contributed by atoms with Crippen molar-refractivity contribution in [2.75, 3.05) is 13.2 Å². The number of rotatable bonds is 41. The highest BCUT2D eigenvalue weighted by molar-refractivity contribution is 5.72. The van der Waals surface area contributed by atoms with Crippen molar-refractivity contribution in [1.82, 2.24) is 0 Å². The molecule has 1 atom stereocenters. The van der Waals surface area contributed by atoms with Crippen LogP contribution in [0.1, 0.15) is 181 Å². The molecule has 6 nitrogen and oxygen atoms in total. The van der Waals surface area contributed by atoms with Gasteiger partial charge in [0.25, 0.3) is 0 Å². The Morgan fingerprint density at radius 3 is 1.06 bits per heavy atom. The summed E-state index contributed by atoms with van der Waals surface area (Å²) in [6, 6.07) is 0. The molecule has 0 N–H and O–H groups in total. The molecule has 0 aromatic rings. The first-order chi connectivity index (χ1) is 30.5. The third kappa shape index (κ3) is 46.6. The quantitative estimate of drug-likeness (QED) is 0.0264. The zero-order valence-corrected chi connectivity index (χ0v) is 39.3. The van der Waals surface area contributed by atoms with Gasteiger partial charge in [0.15, 0.2) is 6.10 Å². The molecule has 6 heteroatoms. The van der Waals surface area contributed by atoms with Crippen LogP contribution in [0.3, 0.4) is 0 Å². The predicted octanol–water partition coefficient (Wildman–Crippen LogP) is 15.9. The zero-order valence-electron chi connectivity index (χ0n) is 39.3. The van der Waals surface area contributed by atoms with Gasteiger partial charge in [-0.05, 0) is 96.3 Å². The highest BCUT2D eigenvalue weighted by atomic mass is 16.6. The topological polar surface area (TPSA) is 78.9 Å². The fraction of sp³-hybridized carbons (Fsp3) is 0.554. The van der Waals surface area contributed by atoms with Crippen molar-refractivity contribution in [3.63, 3.8) is 0 Å². The van der Waals surface area contributed by atoms with Gasteiger partial charge in [-0.25, -0.2) is 0 Å². The Balaban J connectivity index is 4.53. The number of carbonyl (C=O) groups is 3. The van der Waals surface area contributed by atoms with E-state index in [0.717, 1.165) is 96.3 Å². The fourth-order valence-electron chi connectivity index (χ4n) is 5.87. The summed E-state index contributed by atoms with van der Waals surface area (Å²) in [4.78, 5) is 37.7. The Labute approximate surface area is 379 Å². The van der Waals surface area contributed by atoms with E-state index < -0.39 is 12.1 Å². The van der Waals surface area contributed by atoms with Crippen molar-refractivity contribution < 1.29 is 28.6 Å². The fourth-order valence-corrected chi connectivity index (χ4v) is 5.87. The number of hydrogen-bond acceptors (Lipinski definition) is 6. The van der Waals surface area contributed by atoms with Gasteiger partial charge in [-0.2, -0.15) is 0 Å². The summed E-state index contributed by atoms with van der Waals surface area (Å²) in [7, 11) is 0. The maximum absolute atomic E-state index is 12.7. The minimum atomic E-state index is -0.851. The summed E-state index contributed by atoms with van der Waals surface area (Å²) in [5, 5.41) is 0. The van der Waals surface area contributed by atoms with Gasteiger partial charge in [0.1, 0.15) is 13.2 Å². The third-order valence-corrected chi connectivity index (χ3v) is 9.43. The lowest BCUT2D eigenvalue weighted by molar-refractivity contribution is -0.166. The standard InChI is InChI=1S/C56H86O6/c1-4-7-10-13-16-19-21-23-25-26-27-28-29-30-32-33-35-37-40-43-46-49-55(58)61-52-53(51-60-54(57)48-45-42-39-18-15-12-9-6-3)62-56(59)50-47-44-41-38-36-34-31-24-22-20-17-14-11-8-5-2/h7-8,10-11,16-17,19-20,23-25,27-28,30-32,35-38,44,47,53H,4-6,9,12-15,18,21-22,26,29,33-34,39-43,45-46,48-52H2,1-3H3/b10-7-,11-8-,19-16-,20-17-,25-23-,28-27-,31-24-,32-30-,37-35-,38-36-,47-44-. The number of carbonyl (C=O) groups excluding carboxylic acids is 3. The second-order valence-corrected chi connectivity index (χ2v) is 15.3. The molecule has 0 aliphatic rings. The molecule has 1 unspecified atom stereocenters. The molecular weight excluding hydrogens is 769 g/mol. The highest BCUT2D eigenvalue weighted by Gasteiger charge is 2.19. The smallest absolute Gasteiger partial charge is 0.310 e. The molecule has 0 bridgehead atoms. The lowest BCUT2D eigenvalue weighted by Crippen LogP contribution is -2.30. The van der Waals surface area contributed by atoms with Crippen LogP contribution in [0.2, 0.25) is 0 Å². The van der Waals surface area contributed by atoms with Gasteiger partial charge in [-0.3, -0.25) is 14.4 Å². The van der Waals surface area contributed by atoms with Gasteiger partial charge in [0.05, 0.1) is 6.42 Å². The van der Waals surface area contributed by atoms with Crippen molar-refractivity contribution in [1.29, 1.82) is 0 Å². The maximum Gasteiger partial charge on any atom is 0.310 e. The average molecular weight is 855 g/mol. The van der Waals surface area contributed by atoms with Gasteiger partial charge < -0.3 is 14.2 Å². The van der Waals surface area contributed by atoms with Crippen molar-refractivity contribution in [2.24, 2.45) is 0 Å². The number of unbranched alkanes of at least 4 members (excludes halogenated alkanes) is 9. The molecule has 0 heterocycles. The van der Waals surface area contributed by atoms with Crippen LogP contribution in [0.25, 0.3) is 0 Å². The summed E-state index contributed by atoms with van der Waals surface area (Å²) in [5.74, 6) is -1.13. The molecule has 0 aliphatic carbocycles. The maximum atomic E-state index is 12.7. The van der Waals surface area contributed by atoms with Crippen LogP contribution >= 0.6 is 0 Å². The second-order valence-electron chi connectivity index (χ2n) is 15.3. The van der Waals surface area contributed by atoms with E-state index in [1.54, 1.807) is 6.08 Å². The van der Waals surface area contributed by atoms with Crippen molar-refractivity contribution >= 4 is 17.9 Å². The molecular formula is C56H86O6. The largest absolute Gasteiger partial charge is 0.462 e. The number of allylic oxidation sites excluding steroid dienone is 21. The molecule has 0 aromatic heterocycles. The summed E-state index contributed by atoms with van der Waals surface area (Å²) in [5.41, 5.74) is 0. The normalized spacial score (nSPS) is 13.3. The lowest BCUT2D eigenvalue weighted by Gasteiger charge is -2.18. The van der Waals surface area contributed by atoms with Gasteiger partial charge in [-0.1, -0.05) is 199 Å². The molecule has 0 aromatic carbocycles. The summed E-state index contributed by atoms with van der Waals surface area (Å²) >= 11 is 0. The summed E-state index contributed by atoms with van der Waals surface area (Å²) in [6.07, 6.45) is 69.0. The molecule has 0 amide bonds. The zero-order chi connectivity index (χ0) is 45.1. The van der Waals surface area contributed by atoms with Crippen LogP contribution in [0.15, 0.2) is 134 Å². The van der Waals surface area contributed by atoms with E-state index in [1.165, 1.54) is 32.1 Å². The number of hydrogen-bond donors (Lipinski definition) is 0. The lowest BCUT2D eigenvalue weighted by atomic mass is 10.1. The van der Waals surface area contributed by atoms with E-state index in [0.29, 0.717) is 19.3 Å². The Bertz CT molecular complexity index is 1400. The SMILES string of the molecule is CC/C=C\C/C=C\C/C=C\C/C=C\C/C=C\C/C=C\CCCCC(=O)OCC(COC(=O)CCCCCCCCCC)OC(=O)C/C=C\C/C=C\C/C=C\C/C=C\C/C=C\CC. The number of esters is 3. The van der Waals surface area contributed by atoms with E-state index in [1.807, 2.05) is 6.08 Å². The Kier molecular flexibility index (Phi) is 45.7. The third-order valence-electron chi connectivity index (χ3n) is 9.43. The molecule has 0 saturated heterocycles. The van der Waals surface area contributed by atoms with Gasteiger partial charge >= 0.3 is 17.9 Å². The van der Waals surface area contributed by atoms with Crippen LogP contribution in [0, 0.1) is 0 Å². The molecule has 0 fully saturated rings. The minimum absolute atomic E-state index is 0.0821. The molecule has 346 valence electrons. The van der Waals surface area contributed by atoms with E-state index in [9.17, 15) is 14.4 Å². The molecule has 0 rings (SSSR count). The van der Waals surface area contributed by atoms with Gasteiger partial charge in [0, 0.05) is 12.8 Å². The van der Waals surface area contributed by atoms with Crippen molar-refractivity contribution in [2.45, 2.75) is 187 Å². The Hall–Kier alpha value is -4.45. The molecule has 0 saturated carbocycles. The first kappa shape index (κ1) is 57.5. The van der Waals surface area contributed by atoms with Crippen molar-refractivity contribution in [3.8, 4) is 0 Å². The van der Waals surface area contributed by atoms with E-state index >= 15 is 0 Å². The average Bonchev–Trinajstić information content (AvgIpc) is 3.27. The van der Waals surface area contributed by atoms with Crippen LogP contribution in [-0.2, 0) is 28.6 Å². The van der Waals surface area contributed by atoms with Gasteiger partial charge in [0.2, 0.25) is 0 Å². The first-order valence-corrected chi connectivity index (χ1v) is 24.2. The monoisotopic (exact) mass is 855 g/mol. The van der Waals surface area contributed by atoms with E-state index in [4.69, 9.17) is 14.2 Å². The molecule has 62 heavy (non-hydrogen) atoms. The molecule has 0 spiro atoms. The Morgan fingerprint density at radius 2 is 0.677 bits per heavy atom. The Morgan fingerprint density at radius 1 is 0.355 bits per heavy atom. The van der Waals surface area contributed by atoms with E-state index in [-0.39, 0.29) is 38.0 Å². The molecule has 0 aliphatic heterocycles. The highest BCUT2D eigenvalue weighted by Crippen LogP contribution is 2.11. The van der Waals surface area contributed by atoms with E-state index in [2.05, 4.69) is 142 Å². The van der Waals surface area contributed by atoms with Crippen LogP contribution in [-0.4, -0.2) is 37.2 Å². The van der Waals surface area contributed by atoms with Crippen LogP contribution < -0.4 is 0 Å². The number of ether oxygens (including phenoxy) is 3. The van der Waals surface area contributed by atoms with Crippen molar-refractivity contribution in [3.05, 3.63) is 134 Å².